The van der Waals surface area contributed by atoms with Gasteiger partial charge in [0.25, 0.3) is 0 Å². The average molecular weight is 256 g/mol. The minimum Gasteiger partial charge on any atom is -0.394 e. The molecule has 0 radical (unpaired) electrons. The first-order valence-corrected chi connectivity index (χ1v) is 6.06. The Bertz CT molecular complexity index is 425. The van der Waals surface area contributed by atoms with E-state index in [1.807, 2.05) is 6.92 Å². The van der Waals surface area contributed by atoms with Gasteiger partial charge in [0, 0.05) is 5.75 Å². The first-order valence-electron chi connectivity index (χ1n) is 5.07. The van der Waals surface area contributed by atoms with Crippen molar-refractivity contribution >= 4 is 17.6 Å². The SMILES string of the molecule is Cc1nnc(SCC(O)CO)c(C(=N)N)c1C. The summed E-state index contributed by atoms with van der Waals surface area (Å²) in [5, 5.41) is 34.0. The van der Waals surface area contributed by atoms with E-state index in [4.69, 9.17) is 16.2 Å². The number of nitrogen functional groups attached to an aromatic ring is 1. The van der Waals surface area contributed by atoms with Crippen LogP contribution >= 0.6 is 11.8 Å². The number of aliphatic hydroxyl groups is 2. The lowest BCUT2D eigenvalue weighted by Crippen LogP contribution is -2.19. The van der Waals surface area contributed by atoms with Crippen LogP contribution in [0.1, 0.15) is 16.8 Å². The molecule has 0 bridgehead atoms. The molecule has 1 heterocycles. The minimum atomic E-state index is -0.816. The fourth-order valence-electron chi connectivity index (χ4n) is 1.23. The Morgan fingerprint density at radius 3 is 2.65 bits per heavy atom. The first-order chi connectivity index (χ1) is 7.97. The van der Waals surface area contributed by atoms with Crippen LogP contribution in [0.25, 0.3) is 0 Å². The molecule has 0 amide bonds. The van der Waals surface area contributed by atoms with Crippen LogP contribution in [0.4, 0.5) is 0 Å². The lowest BCUT2D eigenvalue weighted by atomic mass is 10.1. The summed E-state index contributed by atoms with van der Waals surface area (Å²) in [4.78, 5) is 0. The number of thioether (sulfide) groups is 1. The van der Waals surface area contributed by atoms with Gasteiger partial charge in [-0.25, -0.2) is 0 Å². The lowest BCUT2D eigenvalue weighted by Gasteiger charge is -2.12. The van der Waals surface area contributed by atoms with Crippen LogP contribution in [-0.2, 0) is 0 Å². The molecule has 6 nitrogen and oxygen atoms in total. The summed E-state index contributed by atoms with van der Waals surface area (Å²) < 4.78 is 0. The zero-order valence-corrected chi connectivity index (χ0v) is 10.6. The third-order valence-corrected chi connectivity index (χ3v) is 3.43. The van der Waals surface area contributed by atoms with Gasteiger partial charge in [-0.3, -0.25) is 5.41 Å². The van der Waals surface area contributed by atoms with E-state index in [2.05, 4.69) is 10.2 Å². The molecule has 0 saturated carbocycles. The molecule has 0 aliphatic rings. The average Bonchev–Trinajstić information content (AvgIpc) is 2.29. The quantitative estimate of drug-likeness (QED) is 0.330. The second-order valence-corrected chi connectivity index (χ2v) is 4.66. The predicted octanol–water partition coefficient (Wildman–Crippen LogP) is -0.177. The molecule has 17 heavy (non-hydrogen) atoms. The van der Waals surface area contributed by atoms with Gasteiger partial charge in [-0.2, -0.15) is 5.10 Å². The zero-order valence-electron chi connectivity index (χ0n) is 9.77. The van der Waals surface area contributed by atoms with Crippen molar-refractivity contribution in [1.29, 1.82) is 5.41 Å². The Morgan fingerprint density at radius 2 is 2.12 bits per heavy atom. The second kappa shape index (κ2) is 5.95. The molecule has 0 aliphatic heterocycles. The maximum atomic E-state index is 9.27. The van der Waals surface area contributed by atoms with E-state index in [1.165, 1.54) is 11.8 Å². The summed E-state index contributed by atoms with van der Waals surface area (Å²) in [6, 6.07) is 0. The normalized spacial score (nSPS) is 12.5. The topological polar surface area (TPSA) is 116 Å². The number of nitrogens with two attached hydrogens (primary N) is 1. The van der Waals surface area contributed by atoms with Gasteiger partial charge < -0.3 is 15.9 Å². The van der Waals surface area contributed by atoms with Crippen molar-refractivity contribution in [3.05, 3.63) is 16.8 Å². The molecular formula is C10H16N4O2S. The van der Waals surface area contributed by atoms with E-state index in [9.17, 15) is 5.11 Å². The number of aryl methyl sites for hydroxylation is 1. The first kappa shape index (κ1) is 13.9. The summed E-state index contributed by atoms with van der Waals surface area (Å²) in [5.74, 6) is 0.218. The molecule has 1 unspecified atom stereocenters. The summed E-state index contributed by atoms with van der Waals surface area (Å²) in [5.41, 5.74) is 7.60. The van der Waals surface area contributed by atoms with Crippen molar-refractivity contribution in [3.63, 3.8) is 0 Å². The highest BCUT2D eigenvalue weighted by Gasteiger charge is 2.15. The lowest BCUT2D eigenvalue weighted by molar-refractivity contribution is 0.113. The molecule has 1 rings (SSSR count). The summed E-state index contributed by atoms with van der Waals surface area (Å²) in [6.07, 6.45) is -0.816. The molecule has 94 valence electrons. The maximum absolute atomic E-state index is 9.27. The van der Waals surface area contributed by atoms with E-state index >= 15 is 0 Å². The fraction of sp³-hybridized carbons (Fsp3) is 0.500. The Balaban J connectivity index is 2.99. The second-order valence-electron chi connectivity index (χ2n) is 3.65. The van der Waals surface area contributed by atoms with Crippen LogP contribution in [0.2, 0.25) is 0 Å². The zero-order chi connectivity index (χ0) is 13.0. The monoisotopic (exact) mass is 256 g/mol. The number of hydrogen-bond acceptors (Lipinski definition) is 6. The molecule has 7 heteroatoms. The molecule has 0 spiro atoms. The maximum Gasteiger partial charge on any atom is 0.130 e. The highest BCUT2D eigenvalue weighted by molar-refractivity contribution is 7.99. The number of rotatable bonds is 5. The van der Waals surface area contributed by atoms with Gasteiger partial charge in [0.2, 0.25) is 0 Å². The number of nitrogens with zero attached hydrogens (tertiary/aromatic N) is 2. The van der Waals surface area contributed by atoms with Crippen LogP contribution in [-0.4, -0.2) is 44.7 Å². The highest BCUT2D eigenvalue weighted by Crippen LogP contribution is 2.23. The molecule has 1 atom stereocenters. The van der Waals surface area contributed by atoms with E-state index in [1.54, 1.807) is 6.92 Å². The van der Waals surface area contributed by atoms with Crippen LogP contribution in [0.3, 0.4) is 0 Å². The number of hydrogen-bond donors (Lipinski definition) is 4. The number of nitrogens with one attached hydrogen (secondary N) is 1. The van der Waals surface area contributed by atoms with Gasteiger partial charge in [-0.15, -0.1) is 16.9 Å². The van der Waals surface area contributed by atoms with Crippen molar-refractivity contribution in [1.82, 2.24) is 10.2 Å². The van der Waals surface area contributed by atoms with Crippen molar-refractivity contribution in [3.8, 4) is 0 Å². The van der Waals surface area contributed by atoms with Crippen molar-refractivity contribution < 1.29 is 10.2 Å². The molecule has 0 aromatic carbocycles. The third kappa shape index (κ3) is 3.39. The van der Waals surface area contributed by atoms with Gasteiger partial charge in [-0.1, -0.05) is 0 Å². The van der Waals surface area contributed by atoms with Crippen molar-refractivity contribution in [2.75, 3.05) is 12.4 Å². The molecular weight excluding hydrogens is 240 g/mol. The molecule has 1 aromatic rings. The summed E-state index contributed by atoms with van der Waals surface area (Å²) >= 11 is 1.23. The van der Waals surface area contributed by atoms with Crippen LogP contribution in [0, 0.1) is 19.3 Å². The van der Waals surface area contributed by atoms with Gasteiger partial charge in [0.05, 0.1) is 24.0 Å². The fourth-order valence-corrected chi connectivity index (χ4v) is 2.19. The van der Waals surface area contributed by atoms with E-state index in [0.29, 0.717) is 10.6 Å². The Hall–Kier alpha value is -1.18. The Kier molecular flexibility index (Phi) is 4.86. The van der Waals surface area contributed by atoms with Gasteiger partial charge >= 0.3 is 0 Å². The molecule has 0 aliphatic carbocycles. The van der Waals surface area contributed by atoms with Crippen molar-refractivity contribution in [2.45, 2.75) is 25.0 Å². The Morgan fingerprint density at radius 1 is 1.47 bits per heavy atom. The summed E-state index contributed by atoms with van der Waals surface area (Å²) in [6.45, 7) is 3.32. The molecule has 0 fully saturated rings. The number of amidine groups is 1. The minimum absolute atomic E-state index is 0.0681. The van der Waals surface area contributed by atoms with Crippen LogP contribution < -0.4 is 5.73 Å². The predicted molar refractivity (Wildman–Crippen MR) is 66.3 cm³/mol. The van der Waals surface area contributed by atoms with Crippen molar-refractivity contribution in [2.24, 2.45) is 5.73 Å². The standard InChI is InChI=1S/C10H16N4O2S/c1-5-6(2)13-14-10(8(5)9(11)12)17-4-7(16)3-15/h7,15-16H,3-4H2,1-2H3,(H3,11,12). The van der Waals surface area contributed by atoms with E-state index in [-0.39, 0.29) is 18.2 Å². The highest BCUT2D eigenvalue weighted by atomic mass is 32.2. The van der Waals surface area contributed by atoms with E-state index in [0.717, 1.165) is 11.3 Å². The smallest absolute Gasteiger partial charge is 0.130 e. The van der Waals surface area contributed by atoms with Gasteiger partial charge in [0.15, 0.2) is 0 Å². The molecule has 5 N–H and O–H groups in total. The van der Waals surface area contributed by atoms with Gasteiger partial charge in [0.1, 0.15) is 10.9 Å². The molecule has 0 saturated heterocycles. The van der Waals surface area contributed by atoms with Gasteiger partial charge in [-0.05, 0) is 19.4 Å². The Labute approximate surface area is 104 Å². The van der Waals surface area contributed by atoms with E-state index < -0.39 is 6.10 Å². The van der Waals surface area contributed by atoms with Crippen LogP contribution in [0.15, 0.2) is 5.03 Å². The number of aromatic nitrogens is 2. The number of aliphatic hydroxyl groups excluding tert-OH is 2. The van der Waals surface area contributed by atoms with Crippen LogP contribution in [0.5, 0.6) is 0 Å². The third-order valence-electron chi connectivity index (χ3n) is 2.31. The largest absolute Gasteiger partial charge is 0.394 e. The summed E-state index contributed by atoms with van der Waals surface area (Å²) in [7, 11) is 0. The molecule has 1 aromatic heterocycles.